The predicted molar refractivity (Wildman–Crippen MR) is 47.7 cm³/mol. The van der Waals surface area contributed by atoms with Crippen LogP contribution in [0.25, 0.3) is 0 Å². The Morgan fingerprint density at radius 1 is 1.64 bits per heavy atom. The highest BCUT2D eigenvalue weighted by atomic mass is 35.5. The van der Waals surface area contributed by atoms with Gasteiger partial charge in [-0.2, -0.15) is 5.26 Å². The van der Waals surface area contributed by atoms with Crippen molar-refractivity contribution in [1.82, 2.24) is 4.90 Å². The first-order valence-corrected chi connectivity index (χ1v) is 3.98. The van der Waals surface area contributed by atoms with Crippen LogP contribution < -0.4 is 0 Å². The molecule has 1 rings (SSSR count). The van der Waals surface area contributed by atoms with Crippen LogP contribution in [0.1, 0.15) is 19.8 Å². The fraction of sp³-hybridized carbons (Fsp3) is 0.875. The number of nitrogens with zero attached hydrogens (tertiary/aromatic N) is 2. The molecule has 11 heavy (non-hydrogen) atoms. The van der Waals surface area contributed by atoms with E-state index in [0.717, 1.165) is 19.5 Å². The summed E-state index contributed by atoms with van der Waals surface area (Å²) in [5, 5.41) is 8.63. The Balaban J connectivity index is 0.000001000. The summed E-state index contributed by atoms with van der Waals surface area (Å²) in [5.74, 6) is 0.300. The summed E-state index contributed by atoms with van der Waals surface area (Å²) in [6.45, 7) is 5.43. The summed E-state index contributed by atoms with van der Waals surface area (Å²) in [7, 11) is 0. The molecule has 0 aromatic heterocycles. The van der Waals surface area contributed by atoms with E-state index in [1.54, 1.807) is 0 Å². The van der Waals surface area contributed by atoms with Gasteiger partial charge in [-0.1, -0.05) is 6.92 Å². The van der Waals surface area contributed by atoms with E-state index < -0.39 is 0 Å². The van der Waals surface area contributed by atoms with E-state index >= 15 is 0 Å². The van der Waals surface area contributed by atoms with Crippen molar-refractivity contribution in [3.8, 4) is 6.07 Å². The molecule has 0 aliphatic carbocycles. The number of likely N-dealkylation sites (tertiary alicyclic amines) is 1. The van der Waals surface area contributed by atoms with Crippen molar-refractivity contribution in [1.29, 1.82) is 5.26 Å². The second-order valence-electron chi connectivity index (χ2n) is 2.86. The van der Waals surface area contributed by atoms with E-state index in [9.17, 15) is 0 Å². The Kier molecular flexibility index (Phi) is 5.27. The third kappa shape index (κ3) is 3.09. The van der Waals surface area contributed by atoms with Crippen LogP contribution in [0.3, 0.4) is 0 Å². The highest BCUT2D eigenvalue weighted by Crippen LogP contribution is 2.14. The Hall–Kier alpha value is -0.260. The van der Waals surface area contributed by atoms with Gasteiger partial charge in [0.05, 0.1) is 12.0 Å². The fourth-order valence-electron chi connectivity index (χ4n) is 1.45. The van der Waals surface area contributed by atoms with Crippen molar-refractivity contribution in [2.75, 3.05) is 19.6 Å². The molecule has 0 N–H and O–H groups in total. The van der Waals surface area contributed by atoms with Gasteiger partial charge in [-0.05, 0) is 25.9 Å². The number of rotatable bonds is 1. The van der Waals surface area contributed by atoms with Crippen LogP contribution in [0.4, 0.5) is 0 Å². The molecular formula is C8H15ClN2. The molecule has 1 saturated heterocycles. The zero-order valence-electron chi connectivity index (χ0n) is 6.92. The molecule has 0 radical (unpaired) electrons. The van der Waals surface area contributed by atoms with E-state index in [0.29, 0.717) is 5.92 Å². The quantitative estimate of drug-likeness (QED) is 0.605. The lowest BCUT2D eigenvalue weighted by Crippen LogP contribution is -2.34. The molecule has 1 fully saturated rings. The van der Waals surface area contributed by atoms with Crippen LogP contribution in [0.2, 0.25) is 0 Å². The van der Waals surface area contributed by atoms with Gasteiger partial charge < -0.3 is 4.90 Å². The third-order valence-electron chi connectivity index (χ3n) is 2.14. The second-order valence-corrected chi connectivity index (χ2v) is 2.86. The van der Waals surface area contributed by atoms with Gasteiger partial charge in [0.2, 0.25) is 0 Å². The van der Waals surface area contributed by atoms with Gasteiger partial charge in [-0.15, -0.1) is 12.4 Å². The van der Waals surface area contributed by atoms with E-state index in [1.807, 2.05) is 0 Å². The van der Waals surface area contributed by atoms with Crippen molar-refractivity contribution in [3.05, 3.63) is 0 Å². The molecule has 0 aromatic rings. The molecule has 64 valence electrons. The monoisotopic (exact) mass is 174 g/mol. The number of nitriles is 1. The molecule has 0 bridgehead atoms. The second kappa shape index (κ2) is 5.40. The Labute approximate surface area is 74.6 Å². The lowest BCUT2D eigenvalue weighted by molar-refractivity contribution is 0.209. The van der Waals surface area contributed by atoms with Crippen LogP contribution in [0.15, 0.2) is 0 Å². The maximum absolute atomic E-state index is 8.63. The first-order valence-electron chi connectivity index (χ1n) is 3.98. The zero-order valence-corrected chi connectivity index (χ0v) is 7.73. The van der Waals surface area contributed by atoms with Crippen molar-refractivity contribution in [2.24, 2.45) is 5.92 Å². The Morgan fingerprint density at radius 2 is 2.36 bits per heavy atom. The summed E-state index contributed by atoms with van der Waals surface area (Å²) in [4.78, 5) is 2.34. The van der Waals surface area contributed by atoms with E-state index in [4.69, 9.17) is 5.26 Å². The van der Waals surface area contributed by atoms with Gasteiger partial charge >= 0.3 is 0 Å². The van der Waals surface area contributed by atoms with E-state index in [1.165, 1.54) is 13.0 Å². The van der Waals surface area contributed by atoms with Gasteiger partial charge in [0.25, 0.3) is 0 Å². The van der Waals surface area contributed by atoms with Crippen LogP contribution >= 0.6 is 12.4 Å². The minimum atomic E-state index is 0. The smallest absolute Gasteiger partial charge is 0.0669 e. The van der Waals surface area contributed by atoms with E-state index in [-0.39, 0.29) is 12.4 Å². The maximum Gasteiger partial charge on any atom is 0.0669 e. The molecule has 0 saturated carbocycles. The molecule has 1 aliphatic rings. The molecule has 0 amide bonds. The van der Waals surface area contributed by atoms with Crippen molar-refractivity contribution in [2.45, 2.75) is 19.8 Å². The molecule has 1 unspecified atom stereocenters. The van der Waals surface area contributed by atoms with E-state index in [2.05, 4.69) is 17.9 Å². The lowest BCUT2D eigenvalue weighted by Gasteiger charge is -2.27. The minimum Gasteiger partial charge on any atom is -0.302 e. The third-order valence-corrected chi connectivity index (χ3v) is 2.14. The number of hydrogen-bond acceptors (Lipinski definition) is 2. The Bertz CT molecular complexity index is 142. The normalized spacial score (nSPS) is 25.3. The Morgan fingerprint density at radius 3 is 2.91 bits per heavy atom. The van der Waals surface area contributed by atoms with Gasteiger partial charge in [-0.3, -0.25) is 0 Å². The highest BCUT2D eigenvalue weighted by molar-refractivity contribution is 5.85. The maximum atomic E-state index is 8.63. The highest BCUT2D eigenvalue weighted by Gasteiger charge is 2.17. The molecule has 3 heteroatoms. The minimum absolute atomic E-state index is 0. The zero-order chi connectivity index (χ0) is 7.40. The van der Waals surface area contributed by atoms with Crippen LogP contribution in [-0.2, 0) is 0 Å². The standard InChI is InChI=1S/C8H14N2.ClH/c1-2-10-5-3-4-8(6-9)7-10;/h8H,2-5,7H2,1H3;1H. The topological polar surface area (TPSA) is 27.0 Å². The average molecular weight is 175 g/mol. The molecule has 1 heterocycles. The molecule has 1 atom stereocenters. The van der Waals surface area contributed by atoms with Gasteiger partial charge in [0.1, 0.15) is 0 Å². The van der Waals surface area contributed by atoms with Crippen LogP contribution in [0, 0.1) is 17.2 Å². The summed E-state index contributed by atoms with van der Waals surface area (Å²) in [5.41, 5.74) is 0. The number of halogens is 1. The van der Waals surface area contributed by atoms with Gasteiger partial charge in [-0.25, -0.2) is 0 Å². The van der Waals surface area contributed by atoms with Gasteiger partial charge in [0, 0.05) is 6.54 Å². The largest absolute Gasteiger partial charge is 0.302 e. The SMILES string of the molecule is CCN1CCCC(C#N)C1.Cl. The van der Waals surface area contributed by atoms with Crippen molar-refractivity contribution >= 4 is 12.4 Å². The molecular weight excluding hydrogens is 160 g/mol. The lowest BCUT2D eigenvalue weighted by atomic mass is 10.00. The van der Waals surface area contributed by atoms with Crippen LogP contribution in [0.5, 0.6) is 0 Å². The molecule has 0 aromatic carbocycles. The summed E-state index contributed by atoms with van der Waals surface area (Å²) in [6.07, 6.45) is 2.30. The number of piperidine rings is 1. The summed E-state index contributed by atoms with van der Waals surface area (Å²) >= 11 is 0. The van der Waals surface area contributed by atoms with Crippen molar-refractivity contribution < 1.29 is 0 Å². The van der Waals surface area contributed by atoms with Crippen molar-refractivity contribution in [3.63, 3.8) is 0 Å². The predicted octanol–water partition coefficient (Wildman–Crippen LogP) is 1.66. The van der Waals surface area contributed by atoms with Crippen LogP contribution in [-0.4, -0.2) is 24.5 Å². The average Bonchev–Trinajstić information content (AvgIpc) is 2.05. The fourth-order valence-corrected chi connectivity index (χ4v) is 1.45. The molecule has 1 aliphatic heterocycles. The first kappa shape index (κ1) is 10.7. The number of hydrogen-bond donors (Lipinski definition) is 0. The summed E-state index contributed by atoms with van der Waals surface area (Å²) in [6, 6.07) is 2.33. The summed E-state index contributed by atoms with van der Waals surface area (Å²) < 4.78 is 0. The molecule has 0 spiro atoms. The van der Waals surface area contributed by atoms with Gasteiger partial charge in [0.15, 0.2) is 0 Å². The first-order chi connectivity index (χ1) is 4.86. The molecule has 2 nitrogen and oxygen atoms in total.